The molecule has 2 aromatic rings. The molecule has 0 bridgehead atoms. The van der Waals surface area contributed by atoms with E-state index in [0.29, 0.717) is 31.6 Å². The lowest BCUT2D eigenvalue weighted by atomic mass is 10.0. The van der Waals surface area contributed by atoms with Crippen molar-refractivity contribution in [2.24, 2.45) is 0 Å². The standard InChI is InChI=1S/C24H27N3O3S/c1-16-4-9-21(23(28)25-16)27-13-19-20(24(27)29)15-31-22(19)14-30-18-7-5-17(6-8-18)12-26-10-2-3-11-26/h5-8,15,21H,1-4,9-14H2,(H,25,28)/t21-/m0/s1. The molecule has 6 nitrogen and oxygen atoms in total. The second-order valence-electron chi connectivity index (χ2n) is 8.55. The summed E-state index contributed by atoms with van der Waals surface area (Å²) in [6.45, 7) is 8.10. The van der Waals surface area contributed by atoms with Crippen LogP contribution in [0.3, 0.4) is 0 Å². The molecule has 0 radical (unpaired) electrons. The predicted octanol–water partition coefficient (Wildman–Crippen LogP) is 3.67. The number of carbonyl (C=O) groups excluding carboxylic acids is 2. The number of rotatable bonds is 6. The molecule has 4 heterocycles. The summed E-state index contributed by atoms with van der Waals surface area (Å²) in [4.78, 5) is 30.4. The third-order valence-corrected chi connectivity index (χ3v) is 7.40. The summed E-state index contributed by atoms with van der Waals surface area (Å²) < 4.78 is 6.03. The highest BCUT2D eigenvalue weighted by atomic mass is 32.1. The number of fused-ring (bicyclic) bond motifs is 1. The van der Waals surface area contributed by atoms with Gasteiger partial charge in [0.15, 0.2) is 0 Å². The highest BCUT2D eigenvalue weighted by molar-refractivity contribution is 7.10. The van der Waals surface area contributed by atoms with Crippen molar-refractivity contribution in [1.29, 1.82) is 0 Å². The van der Waals surface area contributed by atoms with Crippen molar-refractivity contribution in [2.75, 3.05) is 13.1 Å². The first-order chi connectivity index (χ1) is 15.1. The maximum absolute atomic E-state index is 12.9. The molecular formula is C24H27N3O3S. The molecule has 2 fully saturated rings. The van der Waals surface area contributed by atoms with E-state index in [4.69, 9.17) is 4.74 Å². The largest absolute Gasteiger partial charge is 0.488 e. The fourth-order valence-corrected chi connectivity index (χ4v) is 5.59. The number of nitrogens with zero attached hydrogens (tertiary/aromatic N) is 2. The van der Waals surface area contributed by atoms with Crippen molar-refractivity contribution in [3.8, 4) is 5.75 Å². The average molecular weight is 438 g/mol. The van der Waals surface area contributed by atoms with Gasteiger partial charge in [0.1, 0.15) is 18.4 Å². The number of ether oxygens (including phenoxy) is 1. The molecule has 2 amide bonds. The molecule has 3 aliphatic rings. The predicted molar refractivity (Wildman–Crippen MR) is 120 cm³/mol. The summed E-state index contributed by atoms with van der Waals surface area (Å²) in [5, 5.41) is 4.68. The van der Waals surface area contributed by atoms with Crippen LogP contribution in [0.4, 0.5) is 0 Å². The van der Waals surface area contributed by atoms with E-state index in [1.54, 1.807) is 16.2 Å². The molecule has 0 saturated carbocycles. The first kappa shape index (κ1) is 20.3. The SMILES string of the molecule is C=C1CC[C@H](N2Cc3c(csc3COc3ccc(CN4CCCC4)cc3)C2=O)C(=O)N1. The number of nitrogens with one attached hydrogen (secondary N) is 1. The van der Waals surface area contributed by atoms with Crippen LogP contribution < -0.4 is 10.1 Å². The lowest BCUT2D eigenvalue weighted by molar-refractivity contribution is -0.126. The topological polar surface area (TPSA) is 61.9 Å². The Kier molecular flexibility index (Phi) is 5.54. The minimum Gasteiger partial charge on any atom is -0.488 e. The minimum atomic E-state index is -0.424. The van der Waals surface area contributed by atoms with Gasteiger partial charge in [-0.25, -0.2) is 0 Å². The minimum absolute atomic E-state index is 0.0589. The van der Waals surface area contributed by atoms with E-state index < -0.39 is 6.04 Å². The lowest BCUT2D eigenvalue weighted by Crippen LogP contribution is -2.49. The molecule has 162 valence electrons. The maximum atomic E-state index is 12.9. The van der Waals surface area contributed by atoms with Crippen LogP contribution in [0.2, 0.25) is 0 Å². The molecule has 7 heteroatoms. The van der Waals surface area contributed by atoms with Gasteiger partial charge in [-0.2, -0.15) is 0 Å². The molecule has 0 aliphatic carbocycles. The van der Waals surface area contributed by atoms with Gasteiger partial charge in [0, 0.05) is 34.6 Å². The number of hydrogen-bond donors (Lipinski definition) is 1. The van der Waals surface area contributed by atoms with Gasteiger partial charge in [-0.3, -0.25) is 14.5 Å². The van der Waals surface area contributed by atoms with E-state index in [-0.39, 0.29) is 11.8 Å². The zero-order valence-electron chi connectivity index (χ0n) is 17.6. The van der Waals surface area contributed by atoms with E-state index in [1.807, 2.05) is 17.5 Å². The second-order valence-corrected chi connectivity index (χ2v) is 9.51. The number of hydrogen-bond acceptors (Lipinski definition) is 5. The fourth-order valence-electron chi connectivity index (χ4n) is 4.64. The van der Waals surface area contributed by atoms with Gasteiger partial charge >= 0.3 is 0 Å². The number of thiophene rings is 1. The molecule has 0 unspecified atom stereocenters. The maximum Gasteiger partial charge on any atom is 0.256 e. The Labute approximate surface area is 186 Å². The van der Waals surface area contributed by atoms with E-state index in [0.717, 1.165) is 28.4 Å². The summed E-state index contributed by atoms with van der Waals surface area (Å²) in [6, 6.07) is 7.89. The quantitative estimate of drug-likeness (QED) is 0.749. The third-order valence-electron chi connectivity index (χ3n) is 6.40. The molecule has 1 aromatic carbocycles. The molecular weight excluding hydrogens is 410 g/mol. The molecule has 5 rings (SSSR count). The Morgan fingerprint density at radius 2 is 1.94 bits per heavy atom. The number of amides is 2. The summed E-state index contributed by atoms with van der Waals surface area (Å²) >= 11 is 1.56. The molecule has 31 heavy (non-hydrogen) atoms. The molecule has 1 atom stereocenters. The molecule has 3 aliphatic heterocycles. The smallest absolute Gasteiger partial charge is 0.256 e. The monoisotopic (exact) mass is 437 g/mol. The fraction of sp³-hybridized carbons (Fsp3) is 0.417. The Bertz CT molecular complexity index is 1010. The van der Waals surface area contributed by atoms with Crippen LogP contribution in [-0.4, -0.2) is 40.7 Å². The van der Waals surface area contributed by atoms with Gasteiger partial charge in [0.05, 0.1) is 5.56 Å². The summed E-state index contributed by atoms with van der Waals surface area (Å²) in [5.74, 6) is 0.639. The molecule has 0 spiro atoms. The average Bonchev–Trinajstić information content (AvgIpc) is 3.47. The summed E-state index contributed by atoms with van der Waals surface area (Å²) in [6.07, 6.45) is 3.93. The first-order valence-electron chi connectivity index (χ1n) is 10.9. The van der Waals surface area contributed by atoms with Crippen molar-refractivity contribution >= 4 is 23.2 Å². The van der Waals surface area contributed by atoms with Crippen LogP contribution in [0.5, 0.6) is 5.75 Å². The first-order valence-corrected chi connectivity index (χ1v) is 11.8. The van der Waals surface area contributed by atoms with Crippen LogP contribution in [-0.2, 0) is 24.5 Å². The number of piperidine rings is 1. The van der Waals surface area contributed by atoms with Crippen molar-refractivity contribution in [3.63, 3.8) is 0 Å². The van der Waals surface area contributed by atoms with Crippen LogP contribution in [0.1, 0.15) is 52.0 Å². The van der Waals surface area contributed by atoms with Gasteiger partial charge in [-0.1, -0.05) is 18.7 Å². The van der Waals surface area contributed by atoms with E-state index in [9.17, 15) is 9.59 Å². The third kappa shape index (κ3) is 4.12. The van der Waals surface area contributed by atoms with E-state index >= 15 is 0 Å². The zero-order chi connectivity index (χ0) is 21.4. The van der Waals surface area contributed by atoms with E-state index in [1.165, 1.54) is 31.5 Å². The van der Waals surface area contributed by atoms with Crippen molar-refractivity contribution in [3.05, 3.63) is 63.5 Å². The van der Waals surface area contributed by atoms with Gasteiger partial charge in [0.2, 0.25) is 5.91 Å². The van der Waals surface area contributed by atoms with Gasteiger partial charge in [-0.05, 0) is 56.5 Å². The summed E-state index contributed by atoms with van der Waals surface area (Å²) in [5.41, 5.74) is 3.74. The van der Waals surface area contributed by atoms with Crippen LogP contribution in [0.25, 0.3) is 0 Å². The summed E-state index contributed by atoms with van der Waals surface area (Å²) in [7, 11) is 0. The van der Waals surface area contributed by atoms with Gasteiger partial charge in [0.25, 0.3) is 5.91 Å². The van der Waals surface area contributed by atoms with Crippen molar-refractivity contribution < 1.29 is 14.3 Å². The normalized spacial score (nSPS) is 21.5. The Morgan fingerprint density at radius 1 is 1.16 bits per heavy atom. The number of carbonyl (C=O) groups is 2. The zero-order valence-corrected chi connectivity index (χ0v) is 18.4. The Balaban J connectivity index is 1.21. The van der Waals surface area contributed by atoms with Crippen LogP contribution >= 0.6 is 11.3 Å². The molecule has 1 N–H and O–H groups in total. The number of allylic oxidation sites excluding steroid dienone is 1. The lowest BCUT2D eigenvalue weighted by Gasteiger charge is -2.31. The number of likely N-dealkylation sites (tertiary alicyclic amines) is 1. The van der Waals surface area contributed by atoms with Gasteiger partial charge < -0.3 is 15.0 Å². The van der Waals surface area contributed by atoms with Crippen molar-refractivity contribution in [1.82, 2.24) is 15.1 Å². The Hall–Kier alpha value is -2.64. The number of benzene rings is 1. The molecule has 2 saturated heterocycles. The highest BCUT2D eigenvalue weighted by Crippen LogP contribution is 2.34. The van der Waals surface area contributed by atoms with Crippen molar-refractivity contribution in [2.45, 2.75) is 51.4 Å². The Morgan fingerprint density at radius 3 is 2.68 bits per heavy atom. The van der Waals surface area contributed by atoms with Crippen LogP contribution in [0, 0.1) is 0 Å². The van der Waals surface area contributed by atoms with Gasteiger partial charge in [-0.15, -0.1) is 11.3 Å². The molecule has 1 aromatic heterocycles. The highest BCUT2D eigenvalue weighted by Gasteiger charge is 2.39. The van der Waals surface area contributed by atoms with Crippen LogP contribution in [0.15, 0.2) is 41.9 Å². The second kappa shape index (κ2) is 8.48. The van der Waals surface area contributed by atoms with E-state index in [2.05, 4.69) is 28.9 Å².